The Kier molecular flexibility index (Phi) is 5.10. The molecular weight excluding hydrogens is 296 g/mol. The first-order chi connectivity index (χ1) is 10.9. The van der Waals surface area contributed by atoms with Gasteiger partial charge in [0.25, 0.3) is 5.91 Å². The molecule has 2 heterocycles. The van der Waals surface area contributed by atoms with E-state index < -0.39 is 11.5 Å². The summed E-state index contributed by atoms with van der Waals surface area (Å²) in [7, 11) is 1.78. The van der Waals surface area contributed by atoms with Crippen molar-refractivity contribution in [1.82, 2.24) is 15.6 Å². The maximum Gasteiger partial charge on any atom is 0.340 e. The number of likely N-dealkylation sites (N-methyl/N-ethyl adjacent to an activating group) is 1. The highest BCUT2D eigenvalue weighted by atomic mass is 16.5. The summed E-state index contributed by atoms with van der Waals surface area (Å²) < 4.78 is 5.19. The third-order valence-corrected chi connectivity index (χ3v) is 4.00. The summed E-state index contributed by atoms with van der Waals surface area (Å²) in [6.07, 6.45) is 1.55. The van der Waals surface area contributed by atoms with Gasteiger partial charge in [-0.2, -0.15) is 0 Å². The molecule has 1 aromatic heterocycles. The second-order valence-electron chi connectivity index (χ2n) is 5.86. The van der Waals surface area contributed by atoms with Gasteiger partial charge in [0.1, 0.15) is 17.8 Å². The number of nitrogens with one attached hydrogen (secondary N) is 2. The van der Waals surface area contributed by atoms with Gasteiger partial charge in [-0.05, 0) is 32.0 Å². The number of hydrogen-bond acceptors (Lipinski definition) is 6. The second-order valence-corrected chi connectivity index (χ2v) is 5.86. The smallest absolute Gasteiger partial charge is 0.340 e. The fourth-order valence-electron chi connectivity index (χ4n) is 2.13. The Balaban J connectivity index is 2.31. The first kappa shape index (κ1) is 17.1. The molecule has 1 aromatic rings. The Labute approximate surface area is 135 Å². The van der Waals surface area contributed by atoms with Crippen molar-refractivity contribution >= 4 is 17.7 Å². The van der Waals surface area contributed by atoms with Crippen LogP contribution in [0.2, 0.25) is 0 Å². The van der Waals surface area contributed by atoms with Crippen molar-refractivity contribution < 1.29 is 14.3 Å². The van der Waals surface area contributed by atoms with E-state index in [1.54, 1.807) is 32.3 Å². The summed E-state index contributed by atoms with van der Waals surface area (Å²) in [5.41, 5.74) is -0.240. The lowest BCUT2D eigenvalue weighted by Crippen LogP contribution is -2.41. The maximum atomic E-state index is 12.2. The third kappa shape index (κ3) is 3.39. The van der Waals surface area contributed by atoms with Crippen LogP contribution in [0.4, 0.5) is 0 Å². The number of rotatable bonds is 6. The van der Waals surface area contributed by atoms with Gasteiger partial charge in [-0.15, -0.1) is 0 Å². The van der Waals surface area contributed by atoms with Crippen LogP contribution in [0.3, 0.4) is 0 Å². The van der Waals surface area contributed by atoms with Crippen molar-refractivity contribution in [2.75, 3.05) is 20.2 Å². The molecule has 124 valence electrons. The van der Waals surface area contributed by atoms with Gasteiger partial charge in [-0.1, -0.05) is 13.8 Å². The standard InChI is InChI=1S/C16H22N4O3/c1-10(2)16(3)15(22)19-13(20-16)12-11(6-5-7-18-12)14(21)23-9-8-17-4/h5-7,10,17H,8-9H2,1-4H3,(H,19,20,22). The number of ether oxygens (including phenoxy) is 1. The Morgan fingerprint density at radius 2 is 2.22 bits per heavy atom. The Morgan fingerprint density at radius 1 is 1.48 bits per heavy atom. The Morgan fingerprint density at radius 3 is 2.83 bits per heavy atom. The van der Waals surface area contributed by atoms with Crippen molar-refractivity contribution in [1.29, 1.82) is 0 Å². The van der Waals surface area contributed by atoms with Crippen molar-refractivity contribution in [3.8, 4) is 0 Å². The molecule has 0 saturated heterocycles. The lowest BCUT2D eigenvalue weighted by molar-refractivity contribution is -0.124. The molecule has 7 nitrogen and oxygen atoms in total. The highest BCUT2D eigenvalue weighted by Gasteiger charge is 2.43. The summed E-state index contributed by atoms with van der Waals surface area (Å²) in [4.78, 5) is 33.1. The first-order valence-corrected chi connectivity index (χ1v) is 7.58. The van der Waals surface area contributed by atoms with E-state index in [-0.39, 0.29) is 24.0 Å². The number of hydrogen-bond donors (Lipinski definition) is 2. The van der Waals surface area contributed by atoms with Gasteiger partial charge in [-0.3, -0.25) is 9.78 Å². The van der Waals surface area contributed by atoms with Crippen LogP contribution in [0.5, 0.6) is 0 Å². The van der Waals surface area contributed by atoms with Crippen LogP contribution in [-0.2, 0) is 9.53 Å². The zero-order valence-corrected chi connectivity index (χ0v) is 13.8. The van der Waals surface area contributed by atoms with Gasteiger partial charge in [0.05, 0.1) is 5.56 Å². The molecule has 23 heavy (non-hydrogen) atoms. The maximum absolute atomic E-state index is 12.2. The lowest BCUT2D eigenvalue weighted by Gasteiger charge is -2.21. The summed E-state index contributed by atoms with van der Waals surface area (Å²) in [6, 6.07) is 3.26. The first-order valence-electron chi connectivity index (χ1n) is 7.58. The molecule has 1 unspecified atom stereocenters. The summed E-state index contributed by atoms with van der Waals surface area (Å²) in [5.74, 6) is -0.344. The van der Waals surface area contributed by atoms with Crippen LogP contribution < -0.4 is 10.6 Å². The van der Waals surface area contributed by atoms with Crippen LogP contribution >= 0.6 is 0 Å². The van der Waals surface area contributed by atoms with Crippen molar-refractivity contribution in [2.45, 2.75) is 26.3 Å². The zero-order valence-electron chi connectivity index (χ0n) is 13.8. The molecule has 0 aromatic carbocycles. The summed E-state index contributed by atoms with van der Waals surface area (Å²) >= 11 is 0. The predicted octanol–water partition coefficient (Wildman–Crippen LogP) is 0.749. The van der Waals surface area contributed by atoms with Crippen molar-refractivity contribution in [2.24, 2.45) is 10.9 Å². The minimum Gasteiger partial charge on any atom is -0.461 e. The SMILES string of the molecule is CNCCOC(=O)c1cccnc1C1=NC(C)(C(C)C)C(=O)N1. The number of amidine groups is 1. The fraction of sp³-hybridized carbons (Fsp3) is 0.500. The highest BCUT2D eigenvalue weighted by Crippen LogP contribution is 2.27. The molecule has 2 rings (SSSR count). The van der Waals surface area contributed by atoms with E-state index >= 15 is 0 Å². The molecule has 0 radical (unpaired) electrons. The molecule has 0 aliphatic carbocycles. The topological polar surface area (TPSA) is 92.7 Å². The molecule has 0 fully saturated rings. The third-order valence-electron chi connectivity index (χ3n) is 4.00. The lowest BCUT2D eigenvalue weighted by atomic mass is 9.89. The number of esters is 1. The molecule has 7 heteroatoms. The normalized spacial score (nSPS) is 20.4. The summed E-state index contributed by atoms with van der Waals surface area (Å²) in [5, 5.41) is 5.63. The Bertz CT molecular complexity index is 642. The second kappa shape index (κ2) is 6.87. The van der Waals surface area contributed by atoms with E-state index in [4.69, 9.17) is 4.74 Å². The van der Waals surface area contributed by atoms with Crippen LogP contribution in [0, 0.1) is 5.92 Å². The molecule has 2 N–H and O–H groups in total. The molecule has 1 atom stereocenters. The van der Waals surface area contributed by atoms with Gasteiger partial charge in [0.2, 0.25) is 0 Å². The number of amides is 1. The van der Waals surface area contributed by atoms with Gasteiger partial charge >= 0.3 is 5.97 Å². The van der Waals surface area contributed by atoms with Crippen LogP contribution in [0.1, 0.15) is 36.8 Å². The van der Waals surface area contributed by atoms with Gasteiger partial charge in [-0.25, -0.2) is 9.79 Å². The molecule has 1 aliphatic heterocycles. The minimum absolute atomic E-state index is 0.0229. The van der Waals surface area contributed by atoms with Crippen LogP contribution in [-0.4, -0.2) is 48.4 Å². The van der Waals surface area contributed by atoms with E-state index in [0.29, 0.717) is 18.1 Å². The average molecular weight is 318 g/mol. The summed E-state index contributed by atoms with van der Waals surface area (Å²) in [6.45, 7) is 6.44. The van der Waals surface area contributed by atoms with Crippen LogP contribution in [0.25, 0.3) is 0 Å². The van der Waals surface area contributed by atoms with Crippen molar-refractivity contribution in [3.63, 3.8) is 0 Å². The van der Waals surface area contributed by atoms with E-state index in [1.807, 2.05) is 13.8 Å². The molecule has 1 aliphatic rings. The minimum atomic E-state index is -0.861. The van der Waals surface area contributed by atoms with E-state index in [1.165, 1.54) is 0 Å². The molecular formula is C16H22N4O3. The number of nitrogens with zero attached hydrogens (tertiary/aromatic N) is 2. The highest BCUT2D eigenvalue weighted by molar-refractivity contribution is 6.17. The molecule has 0 saturated carbocycles. The van der Waals surface area contributed by atoms with E-state index in [0.717, 1.165) is 0 Å². The van der Waals surface area contributed by atoms with E-state index in [9.17, 15) is 9.59 Å². The number of aliphatic imine (C=N–C) groups is 1. The van der Waals surface area contributed by atoms with Gasteiger partial charge in [0, 0.05) is 12.7 Å². The predicted molar refractivity (Wildman–Crippen MR) is 86.4 cm³/mol. The van der Waals surface area contributed by atoms with E-state index in [2.05, 4.69) is 20.6 Å². The largest absolute Gasteiger partial charge is 0.461 e. The number of pyridine rings is 1. The molecule has 1 amide bonds. The average Bonchev–Trinajstić information content (AvgIpc) is 2.84. The van der Waals surface area contributed by atoms with Gasteiger partial charge < -0.3 is 15.4 Å². The molecule has 0 bridgehead atoms. The van der Waals surface area contributed by atoms with Gasteiger partial charge in [0.15, 0.2) is 5.84 Å². The zero-order chi connectivity index (χ0) is 17.0. The number of aromatic nitrogens is 1. The number of carbonyl (C=O) groups excluding carboxylic acids is 2. The van der Waals surface area contributed by atoms with Crippen molar-refractivity contribution in [3.05, 3.63) is 29.6 Å². The number of carbonyl (C=O) groups is 2. The quantitative estimate of drug-likeness (QED) is 0.596. The fourth-order valence-corrected chi connectivity index (χ4v) is 2.13. The monoisotopic (exact) mass is 318 g/mol. The molecule has 0 spiro atoms. The Hall–Kier alpha value is -2.28. The van der Waals surface area contributed by atoms with Crippen LogP contribution in [0.15, 0.2) is 23.3 Å².